The van der Waals surface area contributed by atoms with Crippen molar-refractivity contribution in [2.45, 2.75) is 0 Å². The number of phenolic OH excluding ortho intramolecular Hbond substituents is 1. The van der Waals surface area contributed by atoms with Gasteiger partial charge in [0.1, 0.15) is 23.1 Å². The molecule has 0 unspecified atom stereocenters. The molecule has 0 heterocycles. The third-order valence-corrected chi connectivity index (χ3v) is 2.66. The van der Waals surface area contributed by atoms with Gasteiger partial charge < -0.3 is 15.2 Å². The first-order valence-electron chi connectivity index (χ1n) is 6.17. The Bertz CT molecular complexity index is 681. The fourth-order valence-electron chi connectivity index (χ4n) is 1.60. The Kier molecular flexibility index (Phi) is 4.67. The Hall–Kier alpha value is -2.96. The summed E-state index contributed by atoms with van der Waals surface area (Å²) in [6, 6.07) is 8.32. The van der Waals surface area contributed by atoms with Crippen LogP contribution in [0.4, 0.5) is 14.5 Å². The zero-order valence-electron chi connectivity index (χ0n) is 11.2. The second kappa shape index (κ2) is 6.66. The van der Waals surface area contributed by atoms with Crippen LogP contribution >= 0.6 is 0 Å². The smallest absolute Gasteiger partial charge is 0.338 e. The van der Waals surface area contributed by atoms with Gasteiger partial charge in [-0.3, -0.25) is 4.79 Å². The van der Waals surface area contributed by atoms with E-state index in [-0.39, 0.29) is 11.3 Å². The third-order valence-electron chi connectivity index (χ3n) is 2.66. The van der Waals surface area contributed by atoms with Crippen molar-refractivity contribution < 1.29 is 28.2 Å². The maximum absolute atomic E-state index is 13.3. The zero-order valence-corrected chi connectivity index (χ0v) is 11.2. The van der Waals surface area contributed by atoms with Crippen LogP contribution in [0, 0.1) is 11.6 Å². The number of phenols is 1. The lowest BCUT2D eigenvalue weighted by atomic mass is 10.2. The number of hydrogen-bond donors (Lipinski definition) is 2. The summed E-state index contributed by atoms with van der Waals surface area (Å²) < 4.78 is 31.4. The molecule has 0 saturated heterocycles. The number of aromatic hydroxyl groups is 1. The molecule has 2 aromatic rings. The lowest BCUT2D eigenvalue weighted by Crippen LogP contribution is -2.22. The Morgan fingerprint density at radius 3 is 2.23 bits per heavy atom. The molecule has 2 N–H and O–H groups in total. The quantitative estimate of drug-likeness (QED) is 0.851. The van der Waals surface area contributed by atoms with E-state index in [1.54, 1.807) is 0 Å². The van der Waals surface area contributed by atoms with Crippen molar-refractivity contribution in [2.24, 2.45) is 0 Å². The van der Waals surface area contributed by atoms with Crippen LogP contribution < -0.4 is 5.32 Å². The van der Waals surface area contributed by atoms with E-state index < -0.39 is 35.8 Å². The van der Waals surface area contributed by atoms with Crippen molar-refractivity contribution in [3.63, 3.8) is 0 Å². The highest BCUT2D eigenvalue weighted by molar-refractivity contribution is 5.95. The predicted molar refractivity (Wildman–Crippen MR) is 73.4 cm³/mol. The maximum Gasteiger partial charge on any atom is 0.338 e. The summed E-state index contributed by atoms with van der Waals surface area (Å²) in [5, 5.41) is 11.1. The largest absolute Gasteiger partial charge is 0.508 e. The third kappa shape index (κ3) is 3.78. The number of carbonyl (C=O) groups is 2. The van der Waals surface area contributed by atoms with E-state index in [9.17, 15) is 18.4 Å². The molecule has 0 fully saturated rings. The van der Waals surface area contributed by atoms with Gasteiger partial charge >= 0.3 is 5.97 Å². The van der Waals surface area contributed by atoms with Gasteiger partial charge in [0.2, 0.25) is 0 Å². The number of ether oxygens (including phenoxy) is 1. The number of amides is 1. The molecule has 0 atom stereocenters. The zero-order chi connectivity index (χ0) is 16.1. The molecule has 0 aliphatic carbocycles. The Labute approximate surface area is 124 Å². The van der Waals surface area contributed by atoms with Crippen molar-refractivity contribution in [3.8, 4) is 5.75 Å². The van der Waals surface area contributed by atoms with Gasteiger partial charge in [0.15, 0.2) is 6.61 Å². The van der Waals surface area contributed by atoms with Crippen molar-refractivity contribution >= 4 is 17.6 Å². The van der Waals surface area contributed by atoms with E-state index in [0.717, 1.165) is 18.2 Å². The summed E-state index contributed by atoms with van der Waals surface area (Å²) >= 11 is 0. The van der Waals surface area contributed by atoms with Crippen LogP contribution in [0.5, 0.6) is 5.75 Å². The number of halogens is 2. The Balaban J connectivity index is 1.93. The first-order valence-corrected chi connectivity index (χ1v) is 6.17. The van der Waals surface area contributed by atoms with Crippen LogP contribution in [0.25, 0.3) is 0 Å². The fraction of sp³-hybridized carbons (Fsp3) is 0.0667. The van der Waals surface area contributed by atoms with Gasteiger partial charge in [-0.15, -0.1) is 0 Å². The van der Waals surface area contributed by atoms with Crippen LogP contribution in [-0.4, -0.2) is 23.6 Å². The second-order valence-corrected chi connectivity index (χ2v) is 4.27. The van der Waals surface area contributed by atoms with E-state index in [0.29, 0.717) is 0 Å². The highest BCUT2D eigenvalue weighted by atomic mass is 19.1. The maximum atomic E-state index is 13.3. The number of rotatable bonds is 4. The lowest BCUT2D eigenvalue weighted by Gasteiger charge is -2.08. The summed E-state index contributed by atoms with van der Waals surface area (Å²) in [6.07, 6.45) is 0. The van der Waals surface area contributed by atoms with Gasteiger partial charge in [0, 0.05) is 0 Å². The Morgan fingerprint density at radius 1 is 1.05 bits per heavy atom. The molecule has 2 rings (SSSR count). The first-order chi connectivity index (χ1) is 10.5. The van der Waals surface area contributed by atoms with Crippen molar-refractivity contribution in [2.75, 3.05) is 11.9 Å². The van der Waals surface area contributed by atoms with E-state index in [2.05, 4.69) is 0 Å². The average Bonchev–Trinajstić information content (AvgIpc) is 2.49. The molecule has 0 aliphatic heterocycles. The van der Waals surface area contributed by atoms with E-state index >= 15 is 0 Å². The molecule has 2 aromatic carbocycles. The first kappa shape index (κ1) is 15.4. The summed E-state index contributed by atoms with van der Waals surface area (Å²) in [5.41, 5.74) is -0.476. The van der Waals surface area contributed by atoms with Gasteiger partial charge in [-0.05, 0) is 36.4 Å². The molecule has 7 heteroatoms. The molecule has 0 saturated carbocycles. The van der Waals surface area contributed by atoms with Gasteiger partial charge in [0.05, 0.1) is 5.56 Å². The van der Waals surface area contributed by atoms with E-state index in [1.807, 2.05) is 5.32 Å². The average molecular weight is 307 g/mol. The van der Waals surface area contributed by atoms with Crippen molar-refractivity contribution in [1.82, 2.24) is 0 Å². The molecular formula is C15H11F2NO4. The van der Waals surface area contributed by atoms with Gasteiger partial charge in [-0.1, -0.05) is 6.07 Å². The van der Waals surface area contributed by atoms with Crippen LogP contribution in [0.15, 0.2) is 42.5 Å². The van der Waals surface area contributed by atoms with Gasteiger partial charge in [-0.25, -0.2) is 13.6 Å². The summed E-state index contributed by atoms with van der Waals surface area (Å²) in [4.78, 5) is 23.2. The number of anilines is 1. The predicted octanol–water partition coefficient (Wildman–Crippen LogP) is 2.47. The number of para-hydroxylation sites is 1. The minimum absolute atomic E-state index is 0.0238. The summed E-state index contributed by atoms with van der Waals surface area (Å²) in [7, 11) is 0. The van der Waals surface area contributed by atoms with Crippen LogP contribution in [0.3, 0.4) is 0 Å². The number of hydrogen-bond acceptors (Lipinski definition) is 4. The second-order valence-electron chi connectivity index (χ2n) is 4.27. The standard InChI is InChI=1S/C15H11F2NO4/c16-11-2-1-3-12(17)14(11)18-13(20)8-22-15(21)9-4-6-10(19)7-5-9/h1-7,19H,8H2,(H,18,20). The fourth-order valence-corrected chi connectivity index (χ4v) is 1.60. The Morgan fingerprint density at radius 2 is 1.64 bits per heavy atom. The molecule has 0 radical (unpaired) electrons. The summed E-state index contributed by atoms with van der Waals surface area (Å²) in [5.74, 6) is -3.57. The number of benzene rings is 2. The SMILES string of the molecule is O=C(COC(=O)c1ccc(O)cc1)Nc1c(F)cccc1F. The molecule has 114 valence electrons. The molecule has 0 aromatic heterocycles. The minimum Gasteiger partial charge on any atom is -0.508 e. The van der Waals surface area contributed by atoms with E-state index in [4.69, 9.17) is 9.84 Å². The highest BCUT2D eigenvalue weighted by Gasteiger charge is 2.14. The topological polar surface area (TPSA) is 75.6 Å². The van der Waals surface area contributed by atoms with Crippen LogP contribution in [-0.2, 0) is 9.53 Å². The lowest BCUT2D eigenvalue weighted by molar-refractivity contribution is -0.119. The number of nitrogens with one attached hydrogen (secondary N) is 1. The molecule has 1 amide bonds. The minimum atomic E-state index is -0.932. The monoisotopic (exact) mass is 307 g/mol. The van der Waals surface area contributed by atoms with Crippen molar-refractivity contribution in [3.05, 3.63) is 59.7 Å². The number of carbonyl (C=O) groups excluding carboxylic acids is 2. The van der Waals surface area contributed by atoms with Crippen LogP contribution in [0.2, 0.25) is 0 Å². The van der Waals surface area contributed by atoms with E-state index in [1.165, 1.54) is 24.3 Å². The molecular weight excluding hydrogens is 296 g/mol. The molecule has 0 spiro atoms. The van der Waals surface area contributed by atoms with Gasteiger partial charge in [-0.2, -0.15) is 0 Å². The van der Waals surface area contributed by atoms with Crippen molar-refractivity contribution in [1.29, 1.82) is 0 Å². The van der Waals surface area contributed by atoms with Gasteiger partial charge in [0.25, 0.3) is 5.91 Å². The number of esters is 1. The highest BCUT2D eigenvalue weighted by Crippen LogP contribution is 2.17. The molecule has 5 nitrogen and oxygen atoms in total. The normalized spacial score (nSPS) is 10.1. The molecule has 0 aliphatic rings. The molecule has 22 heavy (non-hydrogen) atoms. The molecule has 0 bridgehead atoms. The summed E-state index contributed by atoms with van der Waals surface area (Å²) in [6.45, 7) is -0.701. The van der Waals surface area contributed by atoms with Crippen LogP contribution in [0.1, 0.15) is 10.4 Å².